The van der Waals surface area contributed by atoms with E-state index in [0.717, 1.165) is 26.1 Å². The fourth-order valence-electron chi connectivity index (χ4n) is 1.51. The molecule has 1 amide bonds. The Bertz CT molecular complexity index is 184. The molecule has 0 fully saturated rings. The minimum Gasteiger partial charge on any atom is -0.370 e. The van der Waals surface area contributed by atoms with Gasteiger partial charge in [0.25, 0.3) is 0 Å². The molecule has 0 aromatic carbocycles. The van der Waals surface area contributed by atoms with Crippen molar-refractivity contribution in [2.24, 2.45) is 5.73 Å². The van der Waals surface area contributed by atoms with Gasteiger partial charge in [-0.15, -0.1) is 0 Å². The standard InChI is InChI=1S/C11H25N3O2/c1-4-7-14(5-2)8-6-13-11(15)10(9-12)16-3/h10H,4-9,12H2,1-3H3,(H,13,15). The molecular weight excluding hydrogens is 206 g/mol. The van der Waals surface area contributed by atoms with Crippen LogP contribution in [0.1, 0.15) is 20.3 Å². The van der Waals surface area contributed by atoms with E-state index in [0.29, 0.717) is 6.54 Å². The summed E-state index contributed by atoms with van der Waals surface area (Å²) in [7, 11) is 1.49. The molecule has 0 aliphatic carbocycles. The summed E-state index contributed by atoms with van der Waals surface area (Å²) in [4.78, 5) is 13.8. The molecule has 0 aliphatic rings. The number of hydrogen-bond donors (Lipinski definition) is 2. The van der Waals surface area contributed by atoms with Crippen LogP contribution in [0, 0.1) is 0 Å². The number of hydrogen-bond acceptors (Lipinski definition) is 4. The van der Waals surface area contributed by atoms with Crippen molar-refractivity contribution in [1.29, 1.82) is 0 Å². The second-order valence-electron chi connectivity index (χ2n) is 3.69. The average Bonchev–Trinajstić information content (AvgIpc) is 2.29. The highest BCUT2D eigenvalue weighted by molar-refractivity contribution is 5.80. The third-order valence-corrected chi connectivity index (χ3v) is 2.51. The highest BCUT2D eigenvalue weighted by Crippen LogP contribution is 1.90. The normalized spacial score (nSPS) is 12.8. The Morgan fingerprint density at radius 2 is 2.12 bits per heavy atom. The van der Waals surface area contributed by atoms with Crippen LogP contribution in [0.25, 0.3) is 0 Å². The largest absolute Gasteiger partial charge is 0.370 e. The molecule has 96 valence electrons. The van der Waals surface area contributed by atoms with Gasteiger partial charge in [-0.3, -0.25) is 4.79 Å². The molecule has 1 unspecified atom stereocenters. The van der Waals surface area contributed by atoms with E-state index in [1.807, 2.05) is 0 Å². The molecule has 0 saturated heterocycles. The van der Waals surface area contributed by atoms with Gasteiger partial charge >= 0.3 is 0 Å². The Balaban J connectivity index is 3.74. The zero-order valence-electron chi connectivity index (χ0n) is 10.7. The number of nitrogens with one attached hydrogen (secondary N) is 1. The van der Waals surface area contributed by atoms with E-state index in [2.05, 4.69) is 24.1 Å². The van der Waals surface area contributed by atoms with E-state index in [9.17, 15) is 4.79 Å². The first-order chi connectivity index (χ1) is 7.69. The Labute approximate surface area is 98.3 Å². The topological polar surface area (TPSA) is 67.6 Å². The number of nitrogens with two attached hydrogens (primary N) is 1. The quantitative estimate of drug-likeness (QED) is 0.577. The van der Waals surface area contributed by atoms with Crippen LogP contribution in [-0.4, -0.2) is 56.7 Å². The number of carbonyl (C=O) groups is 1. The molecule has 0 aromatic rings. The van der Waals surface area contributed by atoms with E-state index in [4.69, 9.17) is 10.5 Å². The van der Waals surface area contributed by atoms with Gasteiger partial charge in [-0.2, -0.15) is 0 Å². The SMILES string of the molecule is CCCN(CC)CCNC(=O)C(CN)OC. The van der Waals surface area contributed by atoms with Gasteiger partial charge in [0.1, 0.15) is 6.10 Å². The molecule has 0 rings (SSSR count). The van der Waals surface area contributed by atoms with E-state index in [1.54, 1.807) is 0 Å². The lowest BCUT2D eigenvalue weighted by Crippen LogP contribution is -2.43. The molecular formula is C11H25N3O2. The summed E-state index contributed by atoms with van der Waals surface area (Å²) in [5, 5.41) is 2.82. The second kappa shape index (κ2) is 9.57. The Hall–Kier alpha value is -0.650. The molecule has 0 aliphatic heterocycles. The molecule has 0 spiro atoms. The van der Waals surface area contributed by atoms with Gasteiger partial charge in [-0.05, 0) is 19.5 Å². The lowest BCUT2D eigenvalue weighted by molar-refractivity contribution is -0.130. The van der Waals surface area contributed by atoms with Gasteiger partial charge in [0.15, 0.2) is 0 Å². The summed E-state index contributed by atoms with van der Waals surface area (Å²) < 4.78 is 4.94. The summed E-state index contributed by atoms with van der Waals surface area (Å²) in [6.07, 6.45) is 0.604. The summed E-state index contributed by atoms with van der Waals surface area (Å²) in [6.45, 7) is 8.08. The Morgan fingerprint density at radius 1 is 1.44 bits per heavy atom. The summed E-state index contributed by atoms with van der Waals surface area (Å²) >= 11 is 0. The number of nitrogens with zero attached hydrogens (tertiary/aromatic N) is 1. The number of ether oxygens (including phenoxy) is 1. The summed E-state index contributed by atoms with van der Waals surface area (Å²) in [5.74, 6) is -0.127. The van der Waals surface area contributed by atoms with Crippen molar-refractivity contribution >= 4 is 5.91 Å². The fraction of sp³-hybridized carbons (Fsp3) is 0.909. The summed E-state index contributed by atoms with van der Waals surface area (Å²) in [6, 6.07) is 0. The molecule has 5 heteroatoms. The third-order valence-electron chi connectivity index (χ3n) is 2.51. The molecule has 0 saturated carbocycles. The first kappa shape index (κ1) is 15.3. The van der Waals surface area contributed by atoms with Gasteiger partial charge in [-0.25, -0.2) is 0 Å². The van der Waals surface area contributed by atoms with E-state index in [1.165, 1.54) is 7.11 Å². The Kier molecular flexibility index (Phi) is 9.18. The van der Waals surface area contributed by atoms with Crippen molar-refractivity contribution in [3.05, 3.63) is 0 Å². The van der Waals surface area contributed by atoms with Crippen LogP contribution in [0.4, 0.5) is 0 Å². The van der Waals surface area contributed by atoms with E-state index < -0.39 is 6.10 Å². The van der Waals surface area contributed by atoms with Crippen LogP contribution in [0.15, 0.2) is 0 Å². The summed E-state index contributed by atoms with van der Waals surface area (Å²) in [5.41, 5.74) is 5.39. The maximum absolute atomic E-state index is 11.5. The minimum absolute atomic E-state index is 0.127. The lowest BCUT2D eigenvalue weighted by Gasteiger charge is -2.20. The molecule has 5 nitrogen and oxygen atoms in total. The van der Waals surface area contributed by atoms with Crippen LogP contribution in [0.3, 0.4) is 0 Å². The van der Waals surface area contributed by atoms with Gasteiger partial charge < -0.3 is 20.7 Å². The van der Waals surface area contributed by atoms with Crippen molar-refractivity contribution in [1.82, 2.24) is 10.2 Å². The molecule has 16 heavy (non-hydrogen) atoms. The zero-order chi connectivity index (χ0) is 12.4. The maximum Gasteiger partial charge on any atom is 0.250 e. The van der Waals surface area contributed by atoms with Crippen LogP contribution < -0.4 is 11.1 Å². The van der Waals surface area contributed by atoms with Crippen LogP contribution >= 0.6 is 0 Å². The van der Waals surface area contributed by atoms with Crippen molar-refractivity contribution in [3.63, 3.8) is 0 Å². The zero-order valence-corrected chi connectivity index (χ0v) is 10.7. The molecule has 0 aromatic heterocycles. The lowest BCUT2D eigenvalue weighted by atomic mass is 10.3. The van der Waals surface area contributed by atoms with Crippen molar-refractivity contribution < 1.29 is 9.53 Å². The van der Waals surface area contributed by atoms with Crippen LogP contribution in [-0.2, 0) is 9.53 Å². The van der Waals surface area contributed by atoms with Crippen LogP contribution in [0.2, 0.25) is 0 Å². The molecule has 0 bridgehead atoms. The first-order valence-electron chi connectivity index (χ1n) is 5.92. The molecule has 3 N–H and O–H groups in total. The molecule has 0 heterocycles. The van der Waals surface area contributed by atoms with Gasteiger partial charge in [-0.1, -0.05) is 13.8 Å². The smallest absolute Gasteiger partial charge is 0.250 e. The number of rotatable bonds is 9. The highest BCUT2D eigenvalue weighted by atomic mass is 16.5. The molecule has 0 radical (unpaired) electrons. The predicted molar refractivity (Wildman–Crippen MR) is 65.3 cm³/mol. The van der Waals surface area contributed by atoms with Crippen LogP contribution in [0.5, 0.6) is 0 Å². The first-order valence-corrected chi connectivity index (χ1v) is 5.92. The maximum atomic E-state index is 11.5. The van der Waals surface area contributed by atoms with Gasteiger partial charge in [0.05, 0.1) is 0 Å². The minimum atomic E-state index is -0.527. The third kappa shape index (κ3) is 6.05. The second-order valence-corrected chi connectivity index (χ2v) is 3.69. The molecule has 1 atom stereocenters. The van der Waals surface area contributed by atoms with Gasteiger partial charge in [0, 0.05) is 26.7 Å². The van der Waals surface area contributed by atoms with Crippen molar-refractivity contribution in [3.8, 4) is 0 Å². The fourth-order valence-corrected chi connectivity index (χ4v) is 1.51. The van der Waals surface area contributed by atoms with E-state index in [-0.39, 0.29) is 12.5 Å². The Morgan fingerprint density at radius 3 is 2.56 bits per heavy atom. The van der Waals surface area contributed by atoms with E-state index >= 15 is 0 Å². The number of amides is 1. The number of likely N-dealkylation sites (N-methyl/N-ethyl adjacent to an activating group) is 1. The van der Waals surface area contributed by atoms with Crippen molar-refractivity contribution in [2.75, 3.05) is 39.8 Å². The average molecular weight is 231 g/mol. The monoisotopic (exact) mass is 231 g/mol. The highest BCUT2D eigenvalue weighted by Gasteiger charge is 2.14. The van der Waals surface area contributed by atoms with Gasteiger partial charge in [0.2, 0.25) is 5.91 Å². The number of methoxy groups -OCH3 is 1. The number of carbonyl (C=O) groups excluding carboxylic acids is 1. The van der Waals surface area contributed by atoms with Crippen molar-refractivity contribution in [2.45, 2.75) is 26.4 Å². The predicted octanol–water partition coefficient (Wildman–Crippen LogP) is -0.192.